The second kappa shape index (κ2) is 10.4. The Kier molecular flexibility index (Phi) is 7.62. The molecule has 1 aromatic heterocycles. The van der Waals surface area contributed by atoms with Crippen LogP contribution in [0.25, 0.3) is 6.08 Å². The van der Waals surface area contributed by atoms with Gasteiger partial charge in [-0.05, 0) is 23.8 Å². The van der Waals surface area contributed by atoms with Crippen LogP contribution >= 0.6 is 0 Å². The van der Waals surface area contributed by atoms with Gasteiger partial charge in [-0.2, -0.15) is 0 Å². The molecular weight excluding hydrogens is 428 g/mol. The van der Waals surface area contributed by atoms with Gasteiger partial charge in [0.05, 0.1) is 12.9 Å². The van der Waals surface area contributed by atoms with E-state index in [1.807, 2.05) is 0 Å². The molecule has 11 heteroatoms. The third-order valence-corrected chi connectivity index (χ3v) is 4.64. The second-order valence-electron chi connectivity index (χ2n) is 6.88. The van der Waals surface area contributed by atoms with Gasteiger partial charge in [0, 0.05) is 12.1 Å². The maximum absolute atomic E-state index is 12.2. The Hall–Kier alpha value is -3.22. The smallest absolute Gasteiger partial charge is 0.331 e. The molecule has 0 unspecified atom stereocenters. The molecule has 1 fully saturated rings. The Balaban J connectivity index is 1.68. The number of benzene rings is 1. The van der Waals surface area contributed by atoms with Crippen molar-refractivity contribution in [3.8, 4) is 11.5 Å². The minimum atomic E-state index is -1.74. The number of hydrogen-bond acceptors (Lipinski definition) is 11. The number of carbonyl (C=O) groups excluding carboxylic acids is 1. The van der Waals surface area contributed by atoms with Gasteiger partial charge in [0.15, 0.2) is 12.4 Å². The van der Waals surface area contributed by atoms with Crippen molar-refractivity contribution < 1.29 is 49.0 Å². The Morgan fingerprint density at radius 2 is 1.78 bits per heavy atom. The lowest BCUT2D eigenvalue weighted by Crippen LogP contribution is -2.60. The first-order valence-corrected chi connectivity index (χ1v) is 9.52. The molecule has 2 heterocycles. The van der Waals surface area contributed by atoms with E-state index >= 15 is 0 Å². The van der Waals surface area contributed by atoms with E-state index in [1.54, 1.807) is 12.1 Å². The fourth-order valence-electron chi connectivity index (χ4n) is 2.88. The fourth-order valence-corrected chi connectivity index (χ4v) is 2.88. The number of phenols is 1. The van der Waals surface area contributed by atoms with Crippen LogP contribution in [-0.2, 0) is 20.9 Å². The van der Waals surface area contributed by atoms with Crippen LogP contribution in [-0.4, -0.2) is 68.8 Å². The molecule has 0 radical (unpaired) electrons. The maximum Gasteiger partial charge on any atom is 0.331 e. The number of rotatable bonds is 7. The molecule has 5 N–H and O–H groups in total. The van der Waals surface area contributed by atoms with Crippen LogP contribution in [0.3, 0.4) is 0 Å². The highest BCUT2D eigenvalue weighted by atomic mass is 16.7. The van der Waals surface area contributed by atoms with Gasteiger partial charge < -0.3 is 44.2 Å². The number of hydrogen-bond donors (Lipinski definition) is 5. The predicted molar refractivity (Wildman–Crippen MR) is 106 cm³/mol. The standard InChI is InChI=1S/C21H22O11/c22-9-14-17(26)18(27)19(28)21(31-14)32-20-13(24)7-8-29-15(20)10-30-16(25)6-3-11-1-4-12(23)5-2-11/h1-8,14,17-19,21-23,26-28H,9-10H2/b6-3+/t14-,17-,18+,19-,21+/m1/s1. The van der Waals surface area contributed by atoms with Crippen LogP contribution in [0.5, 0.6) is 11.5 Å². The van der Waals surface area contributed by atoms with E-state index in [1.165, 1.54) is 18.2 Å². The fraction of sp³-hybridized carbons (Fsp3) is 0.333. The average molecular weight is 450 g/mol. The Morgan fingerprint density at radius 3 is 2.47 bits per heavy atom. The quantitative estimate of drug-likeness (QED) is 0.266. The highest BCUT2D eigenvalue weighted by molar-refractivity contribution is 5.87. The second-order valence-corrected chi connectivity index (χ2v) is 6.88. The van der Waals surface area contributed by atoms with E-state index in [2.05, 4.69) is 0 Å². The number of carbonyl (C=O) groups is 1. The van der Waals surface area contributed by atoms with Crippen molar-refractivity contribution in [2.75, 3.05) is 6.61 Å². The number of aromatic hydroxyl groups is 1. The third kappa shape index (κ3) is 5.52. The summed E-state index contributed by atoms with van der Waals surface area (Å²) >= 11 is 0. The number of ether oxygens (including phenoxy) is 3. The lowest BCUT2D eigenvalue weighted by atomic mass is 9.99. The molecule has 0 saturated carbocycles. The number of aliphatic hydroxyl groups is 4. The summed E-state index contributed by atoms with van der Waals surface area (Å²) in [5.74, 6) is -1.31. The average Bonchev–Trinajstić information content (AvgIpc) is 2.79. The van der Waals surface area contributed by atoms with Gasteiger partial charge in [-0.25, -0.2) is 4.79 Å². The summed E-state index contributed by atoms with van der Waals surface area (Å²) in [5.41, 5.74) is -0.0449. The third-order valence-electron chi connectivity index (χ3n) is 4.64. The summed E-state index contributed by atoms with van der Waals surface area (Å²) in [4.78, 5) is 24.2. The molecule has 0 spiro atoms. The van der Waals surface area contributed by atoms with Gasteiger partial charge >= 0.3 is 5.97 Å². The first-order chi connectivity index (χ1) is 15.3. The van der Waals surface area contributed by atoms with Gasteiger partial charge in [0.2, 0.25) is 17.5 Å². The van der Waals surface area contributed by atoms with Crippen molar-refractivity contribution >= 4 is 12.0 Å². The van der Waals surface area contributed by atoms with Crippen LogP contribution in [0.4, 0.5) is 0 Å². The van der Waals surface area contributed by atoms with E-state index in [-0.39, 0.29) is 11.5 Å². The molecule has 1 aliphatic rings. The summed E-state index contributed by atoms with van der Waals surface area (Å²) in [6.45, 7) is -1.17. The molecule has 2 aromatic rings. The molecule has 5 atom stereocenters. The molecule has 1 saturated heterocycles. The number of phenolic OH excluding ortho intramolecular Hbond substituents is 1. The minimum Gasteiger partial charge on any atom is -0.508 e. The van der Waals surface area contributed by atoms with Crippen molar-refractivity contribution in [3.05, 3.63) is 64.2 Å². The van der Waals surface area contributed by atoms with Gasteiger partial charge in [0.1, 0.15) is 30.2 Å². The zero-order valence-corrected chi connectivity index (χ0v) is 16.6. The summed E-state index contributed by atoms with van der Waals surface area (Å²) in [6, 6.07) is 7.09. The van der Waals surface area contributed by atoms with Crippen LogP contribution < -0.4 is 10.2 Å². The van der Waals surface area contributed by atoms with Crippen molar-refractivity contribution in [1.29, 1.82) is 0 Å². The zero-order chi connectivity index (χ0) is 23.3. The van der Waals surface area contributed by atoms with Crippen molar-refractivity contribution in [1.82, 2.24) is 0 Å². The van der Waals surface area contributed by atoms with Crippen molar-refractivity contribution in [2.45, 2.75) is 37.3 Å². The summed E-state index contributed by atoms with van der Waals surface area (Å²) in [7, 11) is 0. The van der Waals surface area contributed by atoms with Crippen LogP contribution in [0, 0.1) is 0 Å². The highest BCUT2D eigenvalue weighted by Crippen LogP contribution is 2.25. The maximum atomic E-state index is 12.2. The van der Waals surface area contributed by atoms with Gasteiger partial charge in [-0.1, -0.05) is 12.1 Å². The first kappa shape index (κ1) is 23.4. The van der Waals surface area contributed by atoms with Crippen molar-refractivity contribution in [2.24, 2.45) is 0 Å². The topological polar surface area (TPSA) is 176 Å². The Labute approximate surface area is 181 Å². The molecular formula is C21H22O11. The van der Waals surface area contributed by atoms with E-state index in [4.69, 9.17) is 18.6 Å². The molecule has 11 nitrogen and oxygen atoms in total. The molecule has 0 bridgehead atoms. The highest BCUT2D eigenvalue weighted by Gasteiger charge is 2.45. The van der Waals surface area contributed by atoms with Crippen molar-refractivity contribution in [3.63, 3.8) is 0 Å². The normalized spacial score (nSPS) is 25.6. The SMILES string of the molecule is O=C(/C=C/c1ccc(O)cc1)OCc1occc(=O)c1O[C@@H]1O[C@H](CO)[C@@H](O)[C@H](O)[C@H]1O. The summed E-state index contributed by atoms with van der Waals surface area (Å²) in [5, 5.41) is 48.3. The molecule has 1 aliphatic heterocycles. The van der Waals surface area contributed by atoms with Crippen LogP contribution in [0.1, 0.15) is 11.3 Å². The monoisotopic (exact) mass is 450 g/mol. The van der Waals surface area contributed by atoms with Crippen LogP contribution in [0.2, 0.25) is 0 Å². The van der Waals surface area contributed by atoms with E-state index < -0.39 is 61.1 Å². The van der Waals surface area contributed by atoms with E-state index in [0.29, 0.717) is 5.56 Å². The van der Waals surface area contributed by atoms with Gasteiger partial charge in [-0.3, -0.25) is 4.79 Å². The molecule has 172 valence electrons. The lowest BCUT2D eigenvalue weighted by molar-refractivity contribution is -0.278. The van der Waals surface area contributed by atoms with E-state index in [9.17, 15) is 35.1 Å². The van der Waals surface area contributed by atoms with Crippen LogP contribution in [0.15, 0.2) is 51.9 Å². The molecule has 0 aliphatic carbocycles. The molecule has 1 aromatic carbocycles. The summed E-state index contributed by atoms with van der Waals surface area (Å²) < 4.78 is 20.8. The Morgan fingerprint density at radius 1 is 1.06 bits per heavy atom. The first-order valence-electron chi connectivity index (χ1n) is 9.52. The molecule has 32 heavy (non-hydrogen) atoms. The van der Waals surface area contributed by atoms with Gasteiger partial charge in [0.25, 0.3) is 0 Å². The predicted octanol–water partition coefficient (Wildman–Crippen LogP) is -0.719. The molecule has 3 rings (SSSR count). The summed E-state index contributed by atoms with van der Waals surface area (Å²) in [6.07, 6.45) is -4.25. The van der Waals surface area contributed by atoms with Gasteiger partial charge in [-0.15, -0.1) is 0 Å². The molecule has 0 amide bonds. The largest absolute Gasteiger partial charge is 0.508 e. The van der Waals surface area contributed by atoms with E-state index in [0.717, 1.165) is 18.4 Å². The Bertz CT molecular complexity index is 996. The zero-order valence-electron chi connectivity index (χ0n) is 16.6. The number of aliphatic hydroxyl groups excluding tert-OH is 4. The number of esters is 1. The minimum absolute atomic E-state index is 0.0794. The lowest BCUT2D eigenvalue weighted by Gasteiger charge is -2.39.